The average Bonchev–Trinajstić information content (AvgIpc) is 2.93. The fourth-order valence-corrected chi connectivity index (χ4v) is 3.08. The predicted molar refractivity (Wildman–Crippen MR) is 74.9 cm³/mol. The zero-order valence-corrected chi connectivity index (χ0v) is 12.4. The lowest BCUT2D eigenvalue weighted by Crippen LogP contribution is -2.21. The summed E-state index contributed by atoms with van der Waals surface area (Å²) < 4.78 is 6.73. The number of hydrogen-bond acceptors (Lipinski definition) is 6. The van der Waals surface area contributed by atoms with Gasteiger partial charge in [0.15, 0.2) is 4.34 Å². The summed E-state index contributed by atoms with van der Waals surface area (Å²) in [7, 11) is 0. The largest absolute Gasteiger partial charge is 0.464 e. The minimum atomic E-state index is 0.470. The monoisotopic (exact) mass is 283 g/mol. The number of aryl methyl sites for hydroxylation is 1. The third-order valence-corrected chi connectivity index (χ3v) is 4.24. The summed E-state index contributed by atoms with van der Waals surface area (Å²) in [5.74, 6) is 2.76. The highest BCUT2D eigenvalue weighted by Crippen LogP contribution is 2.26. The first-order valence-corrected chi connectivity index (χ1v) is 7.67. The van der Waals surface area contributed by atoms with Gasteiger partial charge in [-0.3, -0.25) is 0 Å². The van der Waals surface area contributed by atoms with E-state index in [9.17, 15) is 0 Å². The molecule has 0 bridgehead atoms. The number of aromatic nitrogens is 2. The fraction of sp³-hybridized carbons (Fsp3) is 0.500. The van der Waals surface area contributed by atoms with E-state index in [1.807, 2.05) is 19.1 Å². The van der Waals surface area contributed by atoms with Crippen molar-refractivity contribution in [1.29, 1.82) is 0 Å². The normalized spacial score (nSPS) is 11.3. The van der Waals surface area contributed by atoms with E-state index in [0.717, 1.165) is 33.2 Å². The van der Waals surface area contributed by atoms with Crippen LogP contribution in [0.1, 0.15) is 30.4 Å². The lowest BCUT2D eigenvalue weighted by atomic mass is 10.3. The number of thioether (sulfide) groups is 1. The number of nitrogens with zero attached hydrogens (tertiary/aromatic N) is 2. The van der Waals surface area contributed by atoms with Gasteiger partial charge < -0.3 is 9.73 Å². The molecule has 0 radical (unpaired) electrons. The average molecular weight is 283 g/mol. The molecule has 0 spiro atoms. The van der Waals surface area contributed by atoms with Gasteiger partial charge in [-0.2, -0.15) is 0 Å². The van der Waals surface area contributed by atoms with Crippen LogP contribution in [0.3, 0.4) is 0 Å². The van der Waals surface area contributed by atoms with Crippen molar-refractivity contribution in [1.82, 2.24) is 15.5 Å². The Kier molecular flexibility index (Phi) is 4.79. The minimum absolute atomic E-state index is 0.470. The molecule has 0 aliphatic carbocycles. The van der Waals surface area contributed by atoms with E-state index >= 15 is 0 Å². The number of hydrogen-bond donors (Lipinski definition) is 1. The van der Waals surface area contributed by atoms with Crippen molar-refractivity contribution >= 4 is 23.1 Å². The van der Waals surface area contributed by atoms with Crippen molar-refractivity contribution < 1.29 is 4.42 Å². The van der Waals surface area contributed by atoms with E-state index < -0.39 is 0 Å². The van der Waals surface area contributed by atoms with Crippen LogP contribution in [0.4, 0.5) is 0 Å². The SMILES string of the molecule is Cc1nnc(SCc2ccc(CNC(C)C)o2)s1. The molecule has 98 valence electrons. The highest BCUT2D eigenvalue weighted by Gasteiger charge is 2.06. The quantitative estimate of drug-likeness (QED) is 0.825. The second kappa shape index (κ2) is 6.36. The van der Waals surface area contributed by atoms with Crippen LogP contribution >= 0.6 is 23.1 Å². The Morgan fingerprint density at radius 1 is 1.33 bits per heavy atom. The Labute approximate surface area is 115 Å². The first-order valence-electron chi connectivity index (χ1n) is 5.87. The van der Waals surface area contributed by atoms with Gasteiger partial charge in [-0.15, -0.1) is 10.2 Å². The van der Waals surface area contributed by atoms with E-state index in [0.29, 0.717) is 6.04 Å². The van der Waals surface area contributed by atoms with Crippen LogP contribution in [0, 0.1) is 6.92 Å². The van der Waals surface area contributed by atoms with Crippen LogP contribution in [-0.2, 0) is 12.3 Å². The van der Waals surface area contributed by atoms with Crippen LogP contribution in [0.5, 0.6) is 0 Å². The Bertz CT molecular complexity index is 493. The summed E-state index contributed by atoms with van der Waals surface area (Å²) in [5, 5.41) is 12.4. The maximum absolute atomic E-state index is 5.74. The van der Waals surface area contributed by atoms with Crippen molar-refractivity contribution in [2.75, 3.05) is 0 Å². The molecule has 6 heteroatoms. The molecular formula is C12H17N3OS2. The molecule has 1 N–H and O–H groups in total. The molecule has 18 heavy (non-hydrogen) atoms. The smallest absolute Gasteiger partial charge is 0.174 e. The zero-order valence-electron chi connectivity index (χ0n) is 10.8. The Morgan fingerprint density at radius 3 is 2.78 bits per heavy atom. The van der Waals surface area contributed by atoms with Gasteiger partial charge in [-0.05, 0) is 19.1 Å². The molecule has 2 aromatic heterocycles. The third kappa shape index (κ3) is 4.12. The topological polar surface area (TPSA) is 51.0 Å². The van der Waals surface area contributed by atoms with E-state index in [2.05, 4.69) is 29.4 Å². The van der Waals surface area contributed by atoms with Crippen LogP contribution in [0.25, 0.3) is 0 Å². The molecule has 2 rings (SSSR count). The van der Waals surface area contributed by atoms with Crippen molar-refractivity contribution in [2.45, 2.75) is 43.5 Å². The third-order valence-electron chi connectivity index (χ3n) is 2.25. The predicted octanol–water partition coefficient (Wildman–Crippen LogP) is 3.23. The molecule has 0 saturated heterocycles. The number of nitrogens with one attached hydrogen (secondary N) is 1. The highest BCUT2D eigenvalue weighted by molar-refractivity contribution is 8.00. The zero-order chi connectivity index (χ0) is 13.0. The van der Waals surface area contributed by atoms with Gasteiger partial charge in [-0.1, -0.05) is 36.9 Å². The highest BCUT2D eigenvalue weighted by atomic mass is 32.2. The van der Waals surface area contributed by atoms with Crippen molar-refractivity contribution in [2.24, 2.45) is 0 Å². The first-order chi connectivity index (χ1) is 8.63. The van der Waals surface area contributed by atoms with E-state index in [-0.39, 0.29) is 0 Å². The number of furan rings is 1. The molecule has 0 aliphatic rings. The summed E-state index contributed by atoms with van der Waals surface area (Å²) in [6, 6.07) is 4.52. The van der Waals surface area contributed by atoms with Crippen LogP contribution < -0.4 is 5.32 Å². The standard InChI is InChI=1S/C12H17N3OS2/c1-8(2)13-6-10-4-5-11(16-10)7-17-12-15-14-9(3)18-12/h4-5,8,13H,6-7H2,1-3H3. The molecule has 0 fully saturated rings. The molecular weight excluding hydrogens is 266 g/mol. The van der Waals surface area contributed by atoms with Gasteiger partial charge in [-0.25, -0.2) is 0 Å². The summed E-state index contributed by atoms with van der Waals surface area (Å²) in [6.45, 7) is 6.99. The molecule has 0 aliphatic heterocycles. The Morgan fingerprint density at radius 2 is 2.11 bits per heavy atom. The van der Waals surface area contributed by atoms with Gasteiger partial charge in [0.2, 0.25) is 0 Å². The molecule has 2 aromatic rings. The van der Waals surface area contributed by atoms with Crippen LogP contribution in [0.2, 0.25) is 0 Å². The van der Waals surface area contributed by atoms with Gasteiger partial charge in [0.1, 0.15) is 16.5 Å². The molecule has 2 heterocycles. The van der Waals surface area contributed by atoms with E-state index in [1.54, 1.807) is 23.1 Å². The molecule has 0 saturated carbocycles. The molecule has 4 nitrogen and oxygen atoms in total. The molecule has 0 aromatic carbocycles. The van der Waals surface area contributed by atoms with Crippen molar-refractivity contribution in [3.8, 4) is 0 Å². The van der Waals surface area contributed by atoms with Crippen molar-refractivity contribution in [3.05, 3.63) is 28.7 Å². The van der Waals surface area contributed by atoms with Crippen LogP contribution in [-0.4, -0.2) is 16.2 Å². The van der Waals surface area contributed by atoms with E-state index in [1.165, 1.54) is 0 Å². The maximum atomic E-state index is 5.74. The molecule has 0 amide bonds. The van der Waals surface area contributed by atoms with Gasteiger partial charge in [0, 0.05) is 6.04 Å². The summed E-state index contributed by atoms with van der Waals surface area (Å²) in [4.78, 5) is 0. The second-order valence-corrected chi connectivity index (χ2v) is 6.68. The Hall–Kier alpha value is -0.850. The maximum Gasteiger partial charge on any atom is 0.174 e. The Balaban J connectivity index is 1.83. The van der Waals surface area contributed by atoms with Crippen molar-refractivity contribution in [3.63, 3.8) is 0 Å². The summed E-state index contributed by atoms with van der Waals surface area (Å²) in [6.07, 6.45) is 0. The van der Waals surface area contributed by atoms with Gasteiger partial charge in [0.05, 0.1) is 12.3 Å². The first kappa shape index (κ1) is 13.6. The summed E-state index contributed by atoms with van der Waals surface area (Å²) >= 11 is 3.28. The summed E-state index contributed by atoms with van der Waals surface area (Å²) in [5.41, 5.74) is 0. The van der Waals surface area contributed by atoms with Gasteiger partial charge >= 0.3 is 0 Å². The fourth-order valence-electron chi connectivity index (χ4n) is 1.37. The van der Waals surface area contributed by atoms with Gasteiger partial charge in [0.25, 0.3) is 0 Å². The lowest BCUT2D eigenvalue weighted by Gasteiger charge is -2.04. The number of rotatable bonds is 6. The molecule has 0 unspecified atom stereocenters. The second-order valence-electron chi connectivity index (χ2n) is 4.28. The minimum Gasteiger partial charge on any atom is -0.464 e. The van der Waals surface area contributed by atoms with E-state index in [4.69, 9.17) is 4.42 Å². The molecule has 0 atom stereocenters. The van der Waals surface area contributed by atoms with Crippen LogP contribution in [0.15, 0.2) is 20.9 Å². The lowest BCUT2D eigenvalue weighted by molar-refractivity contribution is 0.445.